The van der Waals surface area contributed by atoms with Gasteiger partial charge < -0.3 is 9.84 Å². The second-order valence-corrected chi connectivity index (χ2v) is 5.83. The Balaban J connectivity index is 2.12. The molecular weight excluding hydrogens is 256 g/mol. The van der Waals surface area contributed by atoms with Crippen molar-refractivity contribution in [1.82, 2.24) is 0 Å². The number of aliphatic hydroxyl groups excluding tert-OH is 1. The molecular formula is C16H20O2S. The lowest BCUT2D eigenvalue weighted by Gasteiger charge is -2.14. The monoisotopic (exact) mass is 276 g/mol. The van der Waals surface area contributed by atoms with Gasteiger partial charge in [-0.25, -0.2) is 0 Å². The quantitative estimate of drug-likeness (QED) is 0.871. The predicted octanol–water partition coefficient (Wildman–Crippen LogP) is 3.73. The molecule has 0 saturated heterocycles. The first-order valence-corrected chi connectivity index (χ1v) is 7.38. The first-order valence-electron chi connectivity index (χ1n) is 6.57. The molecule has 1 aromatic heterocycles. The molecule has 1 heterocycles. The van der Waals surface area contributed by atoms with Gasteiger partial charge in [-0.3, -0.25) is 0 Å². The first kappa shape index (κ1) is 14.3. The van der Waals surface area contributed by atoms with Crippen molar-refractivity contribution < 1.29 is 9.84 Å². The summed E-state index contributed by atoms with van der Waals surface area (Å²) < 4.78 is 5.18. The molecule has 19 heavy (non-hydrogen) atoms. The summed E-state index contributed by atoms with van der Waals surface area (Å²) in [6.45, 7) is 2.69. The van der Waals surface area contributed by atoms with E-state index in [1.54, 1.807) is 18.4 Å². The molecule has 2 rings (SSSR count). The fraction of sp³-hybridized carbons (Fsp3) is 0.375. The van der Waals surface area contributed by atoms with Gasteiger partial charge in [0.2, 0.25) is 0 Å². The number of thiophene rings is 1. The summed E-state index contributed by atoms with van der Waals surface area (Å²) >= 11 is 1.78. The van der Waals surface area contributed by atoms with E-state index >= 15 is 0 Å². The molecule has 0 spiro atoms. The van der Waals surface area contributed by atoms with Crippen LogP contribution in [-0.4, -0.2) is 12.2 Å². The first-order chi connectivity index (χ1) is 9.24. The zero-order valence-electron chi connectivity index (χ0n) is 11.4. The van der Waals surface area contributed by atoms with E-state index in [1.807, 2.05) is 24.3 Å². The van der Waals surface area contributed by atoms with Crippen LogP contribution in [0.2, 0.25) is 0 Å². The van der Waals surface area contributed by atoms with Gasteiger partial charge >= 0.3 is 0 Å². The van der Waals surface area contributed by atoms with E-state index in [0.717, 1.165) is 17.5 Å². The summed E-state index contributed by atoms with van der Waals surface area (Å²) in [5.41, 5.74) is 2.03. The third-order valence-electron chi connectivity index (χ3n) is 3.17. The number of methoxy groups -OCH3 is 1. The summed E-state index contributed by atoms with van der Waals surface area (Å²) in [5.74, 6) is 0. The number of rotatable bonds is 6. The average molecular weight is 276 g/mol. The molecule has 1 atom stereocenters. The van der Waals surface area contributed by atoms with Gasteiger partial charge in [0.25, 0.3) is 0 Å². The fourth-order valence-corrected chi connectivity index (χ4v) is 3.16. The highest BCUT2D eigenvalue weighted by molar-refractivity contribution is 7.11. The van der Waals surface area contributed by atoms with Crippen LogP contribution in [0.3, 0.4) is 0 Å². The van der Waals surface area contributed by atoms with Gasteiger partial charge in [-0.2, -0.15) is 0 Å². The fourth-order valence-electron chi connectivity index (χ4n) is 2.17. The smallest absolute Gasteiger partial charge is 0.0841 e. The third kappa shape index (κ3) is 3.66. The van der Waals surface area contributed by atoms with Crippen molar-refractivity contribution in [2.45, 2.75) is 32.5 Å². The minimum atomic E-state index is -0.463. The van der Waals surface area contributed by atoms with Gasteiger partial charge in [0, 0.05) is 23.3 Å². The van der Waals surface area contributed by atoms with E-state index in [4.69, 9.17) is 4.74 Å². The second-order valence-electron chi connectivity index (χ2n) is 4.57. The number of hydrogen-bond acceptors (Lipinski definition) is 3. The molecule has 0 aliphatic carbocycles. The van der Waals surface area contributed by atoms with Crippen LogP contribution in [0.4, 0.5) is 0 Å². The highest BCUT2D eigenvalue weighted by atomic mass is 32.1. The Labute approximate surface area is 118 Å². The number of aliphatic hydroxyl groups is 1. The number of aryl methyl sites for hydroxylation is 1. The summed E-state index contributed by atoms with van der Waals surface area (Å²) in [6.07, 6.45) is 1.27. The molecule has 3 heteroatoms. The van der Waals surface area contributed by atoms with Crippen LogP contribution in [0, 0.1) is 0 Å². The maximum atomic E-state index is 10.4. The molecule has 0 saturated carbocycles. The lowest BCUT2D eigenvalue weighted by molar-refractivity contribution is 0.162. The average Bonchev–Trinajstić information content (AvgIpc) is 2.87. The van der Waals surface area contributed by atoms with Crippen LogP contribution in [0.15, 0.2) is 36.4 Å². The van der Waals surface area contributed by atoms with E-state index in [1.165, 1.54) is 9.75 Å². The Morgan fingerprint density at radius 2 is 1.89 bits per heavy atom. The SMILES string of the molecule is CCc1ccc(CC(O)c2ccccc2COC)s1. The maximum Gasteiger partial charge on any atom is 0.0841 e. The van der Waals surface area contributed by atoms with Crippen LogP contribution in [0.5, 0.6) is 0 Å². The van der Waals surface area contributed by atoms with Gasteiger partial charge in [0.05, 0.1) is 12.7 Å². The number of ether oxygens (including phenoxy) is 1. The van der Waals surface area contributed by atoms with Gasteiger partial charge in [0.15, 0.2) is 0 Å². The van der Waals surface area contributed by atoms with Gasteiger partial charge in [-0.15, -0.1) is 11.3 Å². The predicted molar refractivity (Wildman–Crippen MR) is 79.5 cm³/mol. The standard InChI is InChI=1S/C16H20O2S/c1-3-13-8-9-14(19-13)10-16(17)15-7-5-4-6-12(15)11-18-2/h4-9,16-17H,3,10-11H2,1-2H3. The van der Waals surface area contributed by atoms with Crippen LogP contribution in [0.25, 0.3) is 0 Å². The van der Waals surface area contributed by atoms with Crippen molar-refractivity contribution in [3.05, 3.63) is 57.3 Å². The maximum absolute atomic E-state index is 10.4. The molecule has 0 bridgehead atoms. The van der Waals surface area contributed by atoms with Crippen molar-refractivity contribution in [3.63, 3.8) is 0 Å². The van der Waals surface area contributed by atoms with Crippen molar-refractivity contribution in [3.8, 4) is 0 Å². The van der Waals surface area contributed by atoms with Crippen LogP contribution >= 0.6 is 11.3 Å². The molecule has 0 fully saturated rings. The van der Waals surface area contributed by atoms with Gasteiger partial charge in [-0.05, 0) is 29.7 Å². The van der Waals surface area contributed by atoms with E-state index in [9.17, 15) is 5.11 Å². The summed E-state index contributed by atoms with van der Waals surface area (Å²) in [5, 5.41) is 10.4. The molecule has 2 aromatic rings. The second kappa shape index (κ2) is 6.85. The highest BCUT2D eigenvalue weighted by Crippen LogP contribution is 2.26. The molecule has 0 radical (unpaired) electrons. The van der Waals surface area contributed by atoms with E-state index in [-0.39, 0.29) is 0 Å². The van der Waals surface area contributed by atoms with E-state index in [0.29, 0.717) is 13.0 Å². The summed E-state index contributed by atoms with van der Waals surface area (Å²) in [4.78, 5) is 2.60. The Hall–Kier alpha value is -1.16. The zero-order valence-corrected chi connectivity index (χ0v) is 12.2. The topological polar surface area (TPSA) is 29.5 Å². The summed E-state index contributed by atoms with van der Waals surface area (Å²) in [6, 6.07) is 12.2. The molecule has 0 aliphatic heterocycles. The van der Waals surface area contributed by atoms with Crippen LogP contribution in [0.1, 0.15) is 33.9 Å². The largest absolute Gasteiger partial charge is 0.388 e. The Kier molecular flexibility index (Phi) is 5.14. The van der Waals surface area contributed by atoms with Crippen molar-refractivity contribution in [2.75, 3.05) is 7.11 Å². The summed E-state index contributed by atoms with van der Waals surface area (Å²) in [7, 11) is 1.68. The molecule has 2 nitrogen and oxygen atoms in total. The van der Waals surface area contributed by atoms with Gasteiger partial charge in [0.1, 0.15) is 0 Å². The molecule has 1 N–H and O–H groups in total. The minimum Gasteiger partial charge on any atom is -0.388 e. The Morgan fingerprint density at radius 1 is 1.16 bits per heavy atom. The van der Waals surface area contributed by atoms with Crippen molar-refractivity contribution in [1.29, 1.82) is 0 Å². The normalized spacial score (nSPS) is 12.6. The van der Waals surface area contributed by atoms with Crippen molar-refractivity contribution in [2.24, 2.45) is 0 Å². The Morgan fingerprint density at radius 3 is 2.58 bits per heavy atom. The van der Waals surface area contributed by atoms with E-state index < -0.39 is 6.10 Å². The van der Waals surface area contributed by atoms with Gasteiger partial charge in [-0.1, -0.05) is 31.2 Å². The van der Waals surface area contributed by atoms with Crippen molar-refractivity contribution >= 4 is 11.3 Å². The van der Waals surface area contributed by atoms with E-state index in [2.05, 4.69) is 19.1 Å². The lowest BCUT2D eigenvalue weighted by atomic mass is 10.00. The number of benzene rings is 1. The minimum absolute atomic E-state index is 0.463. The molecule has 1 aromatic carbocycles. The zero-order chi connectivity index (χ0) is 13.7. The Bertz CT molecular complexity index is 519. The van der Waals surface area contributed by atoms with Crippen LogP contribution < -0.4 is 0 Å². The molecule has 0 amide bonds. The highest BCUT2D eigenvalue weighted by Gasteiger charge is 2.13. The van der Waals surface area contributed by atoms with Crippen LogP contribution in [-0.2, 0) is 24.2 Å². The lowest BCUT2D eigenvalue weighted by Crippen LogP contribution is -2.05. The number of hydrogen-bond donors (Lipinski definition) is 1. The molecule has 0 aliphatic rings. The molecule has 102 valence electrons. The molecule has 1 unspecified atom stereocenters. The third-order valence-corrected chi connectivity index (χ3v) is 4.43.